The van der Waals surface area contributed by atoms with Crippen molar-refractivity contribution in [3.05, 3.63) is 23.8 Å². The third-order valence-corrected chi connectivity index (χ3v) is 5.11. The standard InChI is InChI=1S/C22H34F2N4O3/c1-4-17(28-14-8-11-19(28)29)12-13-26-22(25-5-2)27-15-16-9-7-10-18(30-6-3)20(16)31-21(23)24/h7,9-10,17,21H,4-6,8,11-15H2,1-3H3,(H2,25,26,27). The number of nitrogens with one attached hydrogen (secondary N) is 2. The van der Waals surface area contributed by atoms with E-state index in [9.17, 15) is 13.6 Å². The molecule has 0 aliphatic carbocycles. The minimum atomic E-state index is -2.95. The zero-order valence-electron chi connectivity index (χ0n) is 18.6. The number of likely N-dealkylation sites (tertiary alicyclic amines) is 1. The van der Waals surface area contributed by atoms with Gasteiger partial charge in [0.05, 0.1) is 13.2 Å². The number of carbonyl (C=O) groups excluding carboxylic acids is 1. The average molecular weight is 441 g/mol. The van der Waals surface area contributed by atoms with Crippen LogP contribution in [0.15, 0.2) is 23.2 Å². The number of hydrogen-bond acceptors (Lipinski definition) is 4. The van der Waals surface area contributed by atoms with Gasteiger partial charge in [0.25, 0.3) is 0 Å². The lowest BCUT2D eigenvalue weighted by Crippen LogP contribution is -2.42. The fourth-order valence-corrected chi connectivity index (χ4v) is 3.68. The van der Waals surface area contributed by atoms with Gasteiger partial charge in [-0.25, -0.2) is 4.99 Å². The number of alkyl halides is 2. The third kappa shape index (κ3) is 7.56. The van der Waals surface area contributed by atoms with Crippen LogP contribution >= 0.6 is 0 Å². The van der Waals surface area contributed by atoms with Crippen LogP contribution in [0.1, 0.15) is 52.0 Å². The number of aliphatic imine (C=N–C) groups is 1. The zero-order valence-corrected chi connectivity index (χ0v) is 18.6. The van der Waals surface area contributed by atoms with Crippen molar-refractivity contribution < 1.29 is 23.0 Å². The number of nitrogens with zero attached hydrogens (tertiary/aromatic N) is 2. The Labute approximate surface area is 183 Å². The number of amides is 1. The van der Waals surface area contributed by atoms with E-state index < -0.39 is 6.61 Å². The molecular weight excluding hydrogens is 406 g/mol. The Morgan fingerprint density at radius 1 is 1.26 bits per heavy atom. The van der Waals surface area contributed by atoms with Crippen LogP contribution in [0, 0.1) is 0 Å². The van der Waals surface area contributed by atoms with Crippen LogP contribution in [-0.2, 0) is 11.3 Å². The van der Waals surface area contributed by atoms with Crippen molar-refractivity contribution in [2.75, 3.05) is 26.2 Å². The summed E-state index contributed by atoms with van der Waals surface area (Å²) < 4.78 is 35.9. The normalized spacial score (nSPS) is 15.4. The highest BCUT2D eigenvalue weighted by molar-refractivity contribution is 5.80. The Morgan fingerprint density at radius 3 is 2.68 bits per heavy atom. The van der Waals surface area contributed by atoms with E-state index in [1.807, 2.05) is 11.8 Å². The predicted octanol–water partition coefficient (Wildman–Crippen LogP) is 3.53. The van der Waals surface area contributed by atoms with Crippen LogP contribution in [0.25, 0.3) is 0 Å². The molecule has 1 atom stereocenters. The van der Waals surface area contributed by atoms with Crippen LogP contribution in [-0.4, -0.2) is 55.7 Å². The van der Waals surface area contributed by atoms with Gasteiger partial charge in [0.15, 0.2) is 17.5 Å². The van der Waals surface area contributed by atoms with Crippen molar-refractivity contribution in [3.63, 3.8) is 0 Å². The van der Waals surface area contributed by atoms with Crippen molar-refractivity contribution in [1.82, 2.24) is 15.5 Å². The fraction of sp³-hybridized carbons (Fsp3) is 0.636. The summed E-state index contributed by atoms with van der Waals surface area (Å²) in [4.78, 5) is 18.5. The molecule has 1 amide bonds. The maximum Gasteiger partial charge on any atom is 0.387 e. The van der Waals surface area contributed by atoms with Crippen LogP contribution < -0.4 is 20.1 Å². The Kier molecular flexibility index (Phi) is 10.3. The number of ether oxygens (including phenoxy) is 2. The van der Waals surface area contributed by atoms with E-state index in [0.717, 1.165) is 25.8 Å². The molecular formula is C22H34F2N4O3. The van der Waals surface area contributed by atoms with Gasteiger partial charge in [-0.1, -0.05) is 19.1 Å². The minimum absolute atomic E-state index is 0.0116. The summed E-state index contributed by atoms with van der Waals surface area (Å²) >= 11 is 0. The molecule has 9 heteroatoms. The number of rotatable bonds is 12. The Bertz CT molecular complexity index is 731. The molecule has 1 aromatic carbocycles. The van der Waals surface area contributed by atoms with Crippen molar-refractivity contribution in [2.45, 2.75) is 65.7 Å². The van der Waals surface area contributed by atoms with Gasteiger partial charge < -0.3 is 25.0 Å². The first-order valence-corrected chi connectivity index (χ1v) is 11.0. The van der Waals surface area contributed by atoms with Crippen LogP contribution in [0.3, 0.4) is 0 Å². The van der Waals surface area contributed by atoms with Gasteiger partial charge in [0, 0.05) is 37.7 Å². The Balaban J connectivity index is 2.03. The smallest absolute Gasteiger partial charge is 0.387 e. The van der Waals surface area contributed by atoms with Gasteiger partial charge in [-0.3, -0.25) is 4.79 Å². The second kappa shape index (κ2) is 13.0. The zero-order chi connectivity index (χ0) is 22.6. The molecule has 1 aliphatic rings. The van der Waals surface area contributed by atoms with Gasteiger partial charge >= 0.3 is 6.61 Å². The molecule has 0 radical (unpaired) electrons. The quantitative estimate of drug-likeness (QED) is 0.384. The van der Waals surface area contributed by atoms with Gasteiger partial charge in [-0.15, -0.1) is 0 Å². The molecule has 1 saturated heterocycles. The van der Waals surface area contributed by atoms with Crippen molar-refractivity contribution in [3.8, 4) is 11.5 Å². The Morgan fingerprint density at radius 2 is 2.06 bits per heavy atom. The molecule has 2 rings (SSSR count). The minimum Gasteiger partial charge on any atom is -0.490 e. The van der Waals surface area contributed by atoms with Crippen LogP contribution in [0.2, 0.25) is 0 Å². The highest BCUT2D eigenvalue weighted by atomic mass is 19.3. The lowest BCUT2D eigenvalue weighted by Gasteiger charge is -2.27. The number of hydrogen-bond donors (Lipinski definition) is 2. The maximum atomic E-state index is 12.9. The van der Waals surface area contributed by atoms with Crippen molar-refractivity contribution >= 4 is 11.9 Å². The van der Waals surface area contributed by atoms with Gasteiger partial charge in [0.1, 0.15) is 0 Å². The largest absolute Gasteiger partial charge is 0.490 e. The second-order valence-corrected chi connectivity index (χ2v) is 7.22. The summed E-state index contributed by atoms with van der Waals surface area (Å²) in [6.45, 7) is 5.50. The highest BCUT2D eigenvalue weighted by Gasteiger charge is 2.26. The SMILES string of the molecule is CCNC(=NCc1cccc(OCC)c1OC(F)F)NCCC(CC)N1CCCC1=O. The molecule has 1 unspecified atom stereocenters. The number of guanidine groups is 1. The number of para-hydroxylation sites is 1. The lowest BCUT2D eigenvalue weighted by molar-refractivity contribution is -0.129. The highest BCUT2D eigenvalue weighted by Crippen LogP contribution is 2.33. The molecule has 31 heavy (non-hydrogen) atoms. The van der Waals surface area contributed by atoms with Gasteiger partial charge in [0.2, 0.25) is 5.91 Å². The van der Waals surface area contributed by atoms with E-state index in [0.29, 0.717) is 37.6 Å². The topological polar surface area (TPSA) is 75.2 Å². The monoisotopic (exact) mass is 440 g/mol. The van der Waals surface area contributed by atoms with E-state index in [1.165, 1.54) is 0 Å². The van der Waals surface area contributed by atoms with Crippen molar-refractivity contribution in [1.29, 1.82) is 0 Å². The van der Waals surface area contributed by atoms with Crippen LogP contribution in [0.4, 0.5) is 8.78 Å². The summed E-state index contributed by atoms with van der Waals surface area (Å²) in [5.41, 5.74) is 0.512. The molecule has 0 bridgehead atoms. The summed E-state index contributed by atoms with van der Waals surface area (Å²) in [6.07, 6.45) is 3.28. The average Bonchev–Trinajstić information content (AvgIpc) is 3.16. The molecule has 0 saturated carbocycles. The fourth-order valence-electron chi connectivity index (χ4n) is 3.68. The molecule has 2 N–H and O–H groups in total. The first kappa shape index (κ1) is 24.7. The summed E-state index contributed by atoms with van der Waals surface area (Å²) in [5, 5.41) is 6.44. The van der Waals surface area contributed by atoms with E-state index >= 15 is 0 Å². The number of benzene rings is 1. The predicted molar refractivity (Wildman–Crippen MR) is 117 cm³/mol. The van der Waals surface area contributed by atoms with Crippen LogP contribution in [0.5, 0.6) is 11.5 Å². The summed E-state index contributed by atoms with van der Waals surface area (Å²) in [7, 11) is 0. The van der Waals surface area contributed by atoms with Gasteiger partial charge in [-0.2, -0.15) is 8.78 Å². The van der Waals surface area contributed by atoms with Gasteiger partial charge in [-0.05, 0) is 39.2 Å². The first-order valence-electron chi connectivity index (χ1n) is 11.0. The molecule has 1 aromatic rings. The van der Waals surface area contributed by atoms with E-state index in [4.69, 9.17) is 9.47 Å². The number of halogens is 2. The molecule has 174 valence electrons. The lowest BCUT2D eigenvalue weighted by atomic mass is 10.1. The maximum absolute atomic E-state index is 12.9. The van der Waals surface area contributed by atoms with E-state index in [1.54, 1.807) is 25.1 Å². The van der Waals surface area contributed by atoms with E-state index in [-0.39, 0.29) is 30.0 Å². The first-order chi connectivity index (χ1) is 15.0. The molecule has 0 aromatic heterocycles. The molecule has 1 heterocycles. The number of carbonyl (C=O) groups is 1. The third-order valence-electron chi connectivity index (χ3n) is 5.11. The molecule has 1 aliphatic heterocycles. The van der Waals surface area contributed by atoms with Crippen molar-refractivity contribution in [2.24, 2.45) is 4.99 Å². The second-order valence-electron chi connectivity index (χ2n) is 7.22. The van der Waals surface area contributed by atoms with E-state index in [2.05, 4.69) is 22.5 Å². The molecule has 0 spiro atoms. The summed E-state index contributed by atoms with van der Waals surface area (Å²) in [6, 6.07) is 5.23. The molecule has 1 fully saturated rings. The molecule has 7 nitrogen and oxygen atoms in total. The Hall–Kier alpha value is -2.58. The summed E-state index contributed by atoms with van der Waals surface area (Å²) in [5.74, 6) is 1.09.